The zero-order valence-corrected chi connectivity index (χ0v) is 10.9. The Hall–Kier alpha value is -0.620. The normalized spacial score (nSPS) is 22.9. The Morgan fingerprint density at radius 2 is 2.12 bits per heavy atom. The molecule has 0 radical (unpaired) electrons. The second-order valence-corrected chi connectivity index (χ2v) is 7.09. The highest BCUT2D eigenvalue weighted by Gasteiger charge is 2.26. The van der Waals surface area contributed by atoms with E-state index in [0.29, 0.717) is 13.1 Å². The molecule has 1 atom stereocenters. The molecule has 1 aliphatic heterocycles. The number of sulfone groups is 1. The number of piperazine rings is 1. The van der Waals surface area contributed by atoms with Crippen LogP contribution in [0.1, 0.15) is 20.8 Å². The Labute approximate surface area is 97.1 Å². The third kappa shape index (κ3) is 3.18. The molecular weight excluding hydrogens is 228 g/mol. The maximum atomic E-state index is 11.7. The Balaban J connectivity index is 2.52. The molecule has 1 unspecified atom stereocenters. The van der Waals surface area contributed by atoms with Crippen LogP contribution >= 0.6 is 0 Å². The highest BCUT2D eigenvalue weighted by atomic mass is 32.2. The van der Waals surface area contributed by atoms with E-state index in [4.69, 9.17) is 0 Å². The van der Waals surface area contributed by atoms with Crippen molar-refractivity contribution >= 4 is 15.7 Å². The third-order valence-electron chi connectivity index (χ3n) is 2.88. The van der Waals surface area contributed by atoms with Gasteiger partial charge in [-0.05, 0) is 20.8 Å². The van der Waals surface area contributed by atoms with E-state index in [9.17, 15) is 13.2 Å². The predicted octanol–water partition coefficient (Wildman–Crippen LogP) is -0.370. The molecule has 1 saturated heterocycles. The highest BCUT2D eigenvalue weighted by molar-refractivity contribution is 7.92. The summed E-state index contributed by atoms with van der Waals surface area (Å²) in [5.74, 6) is 0.0496. The molecule has 0 aliphatic carbocycles. The number of nitrogens with one attached hydrogen (secondary N) is 1. The Bertz CT molecular complexity index is 351. The molecule has 0 aromatic carbocycles. The lowest BCUT2D eigenvalue weighted by Gasteiger charge is -2.31. The first-order valence-corrected chi connectivity index (χ1v) is 7.30. The molecule has 16 heavy (non-hydrogen) atoms. The van der Waals surface area contributed by atoms with Gasteiger partial charge in [0.2, 0.25) is 5.91 Å². The van der Waals surface area contributed by atoms with Crippen molar-refractivity contribution < 1.29 is 13.2 Å². The third-order valence-corrected chi connectivity index (χ3v) is 5.07. The number of nitrogens with zero attached hydrogens (tertiary/aromatic N) is 1. The van der Waals surface area contributed by atoms with Crippen molar-refractivity contribution in [3.05, 3.63) is 0 Å². The minimum Gasteiger partial charge on any atom is -0.339 e. The monoisotopic (exact) mass is 248 g/mol. The van der Waals surface area contributed by atoms with Gasteiger partial charge >= 0.3 is 0 Å². The lowest BCUT2D eigenvalue weighted by molar-refractivity contribution is -0.134. The number of hydrogen-bond acceptors (Lipinski definition) is 4. The molecule has 0 saturated carbocycles. The fourth-order valence-electron chi connectivity index (χ4n) is 1.58. The van der Waals surface area contributed by atoms with Crippen molar-refractivity contribution in [2.75, 3.05) is 25.4 Å². The van der Waals surface area contributed by atoms with E-state index in [1.54, 1.807) is 25.7 Å². The van der Waals surface area contributed by atoms with Gasteiger partial charge < -0.3 is 10.2 Å². The minimum atomic E-state index is -3.05. The van der Waals surface area contributed by atoms with Crippen LogP contribution in [-0.4, -0.2) is 55.9 Å². The summed E-state index contributed by atoms with van der Waals surface area (Å²) in [4.78, 5) is 13.3. The van der Waals surface area contributed by atoms with E-state index in [-0.39, 0.29) is 23.0 Å². The van der Waals surface area contributed by atoms with E-state index >= 15 is 0 Å². The Morgan fingerprint density at radius 1 is 1.50 bits per heavy atom. The van der Waals surface area contributed by atoms with Crippen molar-refractivity contribution in [1.29, 1.82) is 0 Å². The van der Waals surface area contributed by atoms with E-state index in [1.807, 2.05) is 0 Å². The summed E-state index contributed by atoms with van der Waals surface area (Å²) in [5.41, 5.74) is 0. The first-order valence-electron chi connectivity index (χ1n) is 5.58. The fraction of sp³-hybridized carbons (Fsp3) is 0.900. The molecule has 6 heteroatoms. The van der Waals surface area contributed by atoms with E-state index < -0.39 is 9.84 Å². The van der Waals surface area contributed by atoms with Gasteiger partial charge in [0.15, 0.2) is 9.84 Å². The molecule has 5 nitrogen and oxygen atoms in total. The van der Waals surface area contributed by atoms with Gasteiger partial charge in [-0.2, -0.15) is 0 Å². The molecule has 1 aliphatic rings. The molecule has 1 heterocycles. The first-order chi connectivity index (χ1) is 7.34. The molecule has 1 amide bonds. The molecule has 0 spiro atoms. The molecule has 0 aromatic rings. The Kier molecular flexibility index (Phi) is 4.32. The largest absolute Gasteiger partial charge is 0.339 e. The number of carbonyl (C=O) groups is 1. The molecule has 0 bridgehead atoms. The molecule has 1 rings (SSSR count). The van der Waals surface area contributed by atoms with Crippen LogP contribution in [0.3, 0.4) is 0 Å². The van der Waals surface area contributed by atoms with Crippen LogP contribution in [0.4, 0.5) is 0 Å². The highest BCUT2D eigenvalue weighted by Crippen LogP contribution is 2.05. The lowest BCUT2D eigenvalue weighted by atomic mass is 10.2. The summed E-state index contributed by atoms with van der Waals surface area (Å²) in [6, 6.07) is -0.199. The number of amides is 1. The van der Waals surface area contributed by atoms with Crippen molar-refractivity contribution in [2.24, 2.45) is 0 Å². The summed E-state index contributed by atoms with van der Waals surface area (Å²) < 4.78 is 23.2. The van der Waals surface area contributed by atoms with Crippen LogP contribution in [0.25, 0.3) is 0 Å². The van der Waals surface area contributed by atoms with E-state index in [1.165, 1.54) is 0 Å². The zero-order chi connectivity index (χ0) is 12.3. The summed E-state index contributed by atoms with van der Waals surface area (Å²) in [5, 5.41) is 2.67. The van der Waals surface area contributed by atoms with Gasteiger partial charge in [0.25, 0.3) is 0 Å². The predicted molar refractivity (Wildman–Crippen MR) is 63.0 cm³/mol. The van der Waals surface area contributed by atoms with Crippen LogP contribution in [-0.2, 0) is 14.6 Å². The second-order valence-electron chi connectivity index (χ2n) is 4.42. The molecule has 1 N–H and O–H groups in total. The summed E-state index contributed by atoms with van der Waals surface area (Å²) >= 11 is 0. The van der Waals surface area contributed by atoms with Crippen molar-refractivity contribution in [3.8, 4) is 0 Å². The van der Waals surface area contributed by atoms with Gasteiger partial charge in [0.1, 0.15) is 0 Å². The minimum absolute atomic E-state index is 0.00907. The van der Waals surface area contributed by atoms with Crippen LogP contribution in [0.2, 0.25) is 0 Å². The van der Waals surface area contributed by atoms with Gasteiger partial charge in [0, 0.05) is 19.6 Å². The molecular formula is C10H20N2O3S. The number of hydrogen-bond donors (Lipinski definition) is 1. The summed E-state index contributed by atoms with van der Waals surface area (Å²) in [6.45, 7) is 6.76. The van der Waals surface area contributed by atoms with Crippen LogP contribution < -0.4 is 5.32 Å². The zero-order valence-electron chi connectivity index (χ0n) is 10.1. The molecule has 0 aromatic heterocycles. The van der Waals surface area contributed by atoms with Crippen molar-refractivity contribution in [1.82, 2.24) is 10.2 Å². The van der Waals surface area contributed by atoms with E-state index in [2.05, 4.69) is 5.32 Å². The number of carbonyl (C=O) groups excluding carboxylic acids is 1. The quantitative estimate of drug-likeness (QED) is 0.737. The van der Waals surface area contributed by atoms with E-state index in [0.717, 1.165) is 6.54 Å². The maximum absolute atomic E-state index is 11.7. The first kappa shape index (κ1) is 13.4. The standard InChI is InChI=1S/C10H20N2O3S/c1-8(2)16(14,15)7-6-12-5-4-11-9(3)10(12)13/h8-9,11H,4-7H2,1-3H3. The molecule has 1 fully saturated rings. The Morgan fingerprint density at radius 3 is 2.69 bits per heavy atom. The SMILES string of the molecule is CC1NCCN(CCS(=O)(=O)C(C)C)C1=O. The second kappa shape index (κ2) is 5.14. The fourth-order valence-corrected chi connectivity index (χ4v) is 2.53. The number of rotatable bonds is 4. The van der Waals surface area contributed by atoms with Gasteiger partial charge in [-0.15, -0.1) is 0 Å². The molecule has 94 valence electrons. The van der Waals surface area contributed by atoms with Crippen LogP contribution in [0, 0.1) is 0 Å². The lowest BCUT2D eigenvalue weighted by Crippen LogP contribution is -2.54. The van der Waals surface area contributed by atoms with Gasteiger partial charge in [-0.3, -0.25) is 4.79 Å². The summed E-state index contributed by atoms with van der Waals surface area (Å²) in [7, 11) is -3.05. The van der Waals surface area contributed by atoms with Crippen molar-refractivity contribution in [2.45, 2.75) is 32.1 Å². The van der Waals surface area contributed by atoms with Gasteiger partial charge in [-0.1, -0.05) is 0 Å². The van der Waals surface area contributed by atoms with Gasteiger partial charge in [0.05, 0.1) is 17.0 Å². The average molecular weight is 248 g/mol. The van der Waals surface area contributed by atoms with Crippen LogP contribution in [0.15, 0.2) is 0 Å². The van der Waals surface area contributed by atoms with Crippen LogP contribution in [0.5, 0.6) is 0 Å². The average Bonchev–Trinajstić information content (AvgIpc) is 2.20. The maximum Gasteiger partial charge on any atom is 0.239 e. The smallest absolute Gasteiger partial charge is 0.239 e. The topological polar surface area (TPSA) is 66.5 Å². The van der Waals surface area contributed by atoms with Crippen molar-refractivity contribution in [3.63, 3.8) is 0 Å². The summed E-state index contributed by atoms with van der Waals surface area (Å²) in [6.07, 6.45) is 0. The van der Waals surface area contributed by atoms with Gasteiger partial charge in [-0.25, -0.2) is 8.42 Å².